The van der Waals surface area contributed by atoms with Gasteiger partial charge in [-0.25, -0.2) is 4.68 Å². The lowest BCUT2D eigenvalue weighted by atomic mass is 9.85. The Morgan fingerprint density at radius 1 is 1.42 bits per heavy atom. The molecule has 0 aliphatic heterocycles. The van der Waals surface area contributed by atoms with E-state index in [1.807, 2.05) is 30.1 Å². The number of ketones is 1. The number of ether oxygens (including phenoxy) is 1. The third-order valence-corrected chi connectivity index (χ3v) is 8.85. The molecule has 4 nitrogen and oxygen atoms in total. The first kappa shape index (κ1) is 19.9. The van der Waals surface area contributed by atoms with Gasteiger partial charge < -0.3 is 4.74 Å². The zero-order chi connectivity index (χ0) is 18.9. The molecule has 0 radical (unpaired) electrons. The van der Waals surface area contributed by atoms with Crippen molar-refractivity contribution >= 4 is 37.0 Å². The van der Waals surface area contributed by atoms with Crippen molar-refractivity contribution in [1.29, 1.82) is 0 Å². The molecule has 0 aromatic carbocycles. The maximum absolute atomic E-state index is 12.7. The SMILES string of the molecule is CSc1sc(-c2ccn(COCC[Si](C)(C)C)n2)c2c1C(=O)C(C)CC2. The molecule has 0 fully saturated rings. The molecular formula is C19H28N2O2S2Si. The van der Waals surface area contributed by atoms with Crippen molar-refractivity contribution in [2.45, 2.75) is 56.4 Å². The van der Waals surface area contributed by atoms with E-state index in [0.29, 0.717) is 12.5 Å². The fraction of sp³-hybridized carbons (Fsp3) is 0.579. The normalized spacial score (nSPS) is 17.6. The maximum atomic E-state index is 12.7. The molecule has 0 N–H and O–H groups in total. The van der Waals surface area contributed by atoms with Gasteiger partial charge in [-0.1, -0.05) is 26.6 Å². The number of carbonyl (C=O) groups is 1. The predicted octanol–water partition coefficient (Wildman–Crippen LogP) is 5.41. The van der Waals surface area contributed by atoms with Crippen molar-refractivity contribution in [2.24, 2.45) is 5.92 Å². The number of rotatable bonds is 7. The van der Waals surface area contributed by atoms with E-state index in [2.05, 4.69) is 19.6 Å². The van der Waals surface area contributed by atoms with Crippen LogP contribution in [0.1, 0.15) is 29.3 Å². The van der Waals surface area contributed by atoms with Crippen LogP contribution >= 0.6 is 23.1 Å². The van der Waals surface area contributed by atoms with Crippen molar-refractivity contribution in [1.82, 2.24) is 9.78 Å². The Labute approximate surface area is 165 Å². The van der Waals surface area contributed by atoms with Gasteiger partial charge in [0.05, 0.1) is 9.09 Å². The smallest absolute Gasteiger partial charge is 0.167 e. The van der Waals surface area contributed by atoms with Crippen LogP contribution in [0, 0.1) is 5.92 Å². The van der Waals surface area contributed by atoms with Gasteiger partial charge in [-0.2, -0.15) is 5.10 Å². The van der Waals surface area contributed by atoms with Crippen LogP contribution in [-0.4, -0.2) is 36.5 Å². The Morgan fingerprint density at radius 3 is 2.88 bits per heavy atom. The zero-order valence-corrected chi connectivity index (χ0v) is 18.9. The van der Waals surface area contributed by atoms with Crippen LogP contribution in [0.3, 0.4) is 0 Å². The quantitative estimate of drug-likeness (QED) is 0.349. The largest absolute Gasteiger partial charge is 0.360 e. The molecule has 7 heteroatoms. The van der Waals surface area contributed by atoms with E-state index >= 15 is 0 Å². The van der Waals surface area contributed by atoms with E-state index in [9.17, 15) is 4.79 Å². The Bertz CT molecular complexity index is 792. The zero-order valence-electron chi connectivity index (χ0n) is 16.3. The van der Waals surface area contributed by atoms with Crippen molar-refractivity contribution in [3.05, 3.63) is 23.4 Å². The van der Waals surface area contributed by atoms with E-state index in [1.165, 1.54) is 5.56 Å². The van der Waals surface area contributed by atoms with Gasteiger partial charge in [0.1, 0.15) is 12.4 Å². The molecule has 0 spiro atoms. The van der Waals surface area contributed by atoms with Crippen LogP contribution in [0.4, 0.5) is 0 Å². The van der Waals surface area contributed by atoms with Crippen LogP contribution < -0.4 is 0 Å². The molecule has 1 aliphatic rings. The maximum Gasteiger partial charge on any atom is 0.167 e. The lowest BCUT2D eigenvalue weighted by Gasteiger charge is -2.18. The fourth-order valence-electron chi connectivity index (χ4n) is 3.11. The molecule has 0 bridgehead atoms. The number of aromatic nitrogens is 2. The number of Topliss-reactive ketones (excluding diaryl/α,β-unsaturated/α-hetero) is 1. The summed E-state index contributed by atoms with van der Waals surface area (Å²) in [6, 6.07) is 3.21. The molecule has 1 aliphatic carbocycles. The molecule has 26 heavy (non-hydrogen) atoms. The average molecular weight is 409 g/mol. The summed E-state index contributed by atoms with van der Waals surface area (Å²) in [7, 11) is -1.06. The number of thioether (sulfide) groups is 1. The van der Waals surface area contributed by atoms with Gasteiger partial charge in [0.25, 0.3) is 0 Å². The highest BCUT2D eigenvalue weighted by atomic mass is 32.2. The Balaban J connectivity index is 1.76. The van der Waals surface area contributed by atoms with Crippen LogP contribution in [0.5, 0.6) is 0 Å². The summed E-state index contributed by atoms with van der Waals surface area (Å²) in [6.45, 7) is 10.4. The first-order valence-corrected chi connectivity index (χ1v) is 14.9. The Morgan fingerprint density at radius 2 is 2.19 bits per heavy atom. The molecule has 0 saturated heterocycles. The molecule has 2 aromatic rings. The summed E-state index contributed by atoms with van der Waals surface area (Å²) in [5.74, 6) is 0.431. The number of thiophene rings is 1. The van der Waals surface area contributed by atoms with Crippen LogP contribution in [0.25, 0.3) is 10.6 Å². The molecular weight excluding hydrogens is 380 g/mol. The molecule has 0 amide bonds. The molecule has 2 heterocycles. The van der Waals surface area contributed by atoms with Gasteiger partial charge in [-0.15, -0.1) is 23.1 Å². The summed E-state index contributed by atoms with van der Waals surface area (Å²) in [4.78, 5) is 13.8. The van der Waals surface area contributed by atoms with Crippen LogP contribution in [-0.2, 0) is 17.9 Å². The topological polar surface area (TPSA) is 44.1 Å². The molecule has 142 valence electrons. The van der Waals surface area contributed by atoms with Crippen molar-refractivity contribution in [2.75, 3.05) is 12.9 Å². The summed E-state index contributed by atoms with van der Waals surface area (Å²) in [5, 5.41) is 4.71. The number of fused-ring (bicyclic) bond motifs is 1. The standard InChI is InChI=1S/C19H28N2O2S2Si/c1-13-6-7-14-16(17(13)22)19(24-2)25-18(14)15-8-9-21(20-15)12-23-10-11-26(3,4)5/h8-9,13H,6-7,10-12H2,1-5H3. The van der Waals surface area contributed by atoms with E-state index in [-0.39, 0.29) is 5.92 Å². The van der Waals surface area contributed by atoms with Crippen molar-refractivity contribution in [3.63, 3.8) is 0 Å². The lowest BCUT2D eigenvalue weighted by Crippen LogP contribution is -2.22. The number of hydrogen-bond acceptors (Lipinski definition) is 5. The van der Waals surface area contributed by atoms with Crippen LogP contribution in [0.2, 0.25) is 25.7 Å². The number of nitrogens with zero attached hydrogens (tertiary/aromatic N) is 2. The molecule has 1 unspecified atom stereocenters. The monoisotopic (exact) mass is 408 g/mol. The van der Waals surface area contributed by atoms with Crippen molar-refractivity contribution < 1.29 is 9.53 Å². The molecule has 1 atom stereocenters. The van der Waals surface area contributed by atoms with E-state index in [4.69, 9.17) is 9.84 Å². The van der Waals surface area contributed by atoms with Gasteiger partial charge in [0.2, 0.25) is 0 Å². The van der Waals surface area contributed by atoms with Gasteiger partial charge in [0, 0.05) is 32.4 Å². The number of carbonyl (C=O) groups excluding carboxylic acids is 1. The second kappa shape index (κ2) is 8.00. The second-order valence-electron chi connectivity index (χ2n) is 8.17. The number of hydrogen-bond donors (Lipinski definition) is 0. The van der Waals surface area contributed by atoms with E-state index < -0.39 is 8.07 Å². The third-order valence-electron chi connectivity index (χ3n) is 4.77. The summed E-state index contributed by atoms with van der Waals surface area (Å²) in [6.07, 6.45) is 5.92. The summed E-state index contributed by atoms with van der Waals surface area (Å²) in [5.41, 5.74) is 3.12. The Kier molecular flexibility index (Phi) is 6.11. The predicted molar refractivity (Wildman–Crippen MR) is 113 cm³/mol. The summed E-state index contributed by atoms with van der Waals surface area (Å²) < 4.78 is 8.79. The van der Waals surface area contributed by atoms with E-state index in [1.54, 1.807) is 23.1 Å². The minimum Gasteiger partial charge on any atom is -0.360 e. The Hall–Kier alpha value is -0.893. The minimum absolute atomic E-state index is 0.133. The molecule has 2 aromatic heterocycles. The highest BCUT2D eigenvalue weighted by Crippen LogP contribution is 2.44. The van der Waals surface area contributed by atoms with Gasteiger partial charge in [-0.05, 0) is 36.8 Å². The highest BCUT2D eigenvalue weighted by molar-refractivity contribution is 8.00. The fourth-order valence-corrected chi connectivity index (χ4v) is 5.93. The third kappa shape index (κ3) is 4.32. The first-order valence-electron chi connectivity index (χ1n) is 9.15. The minimum atomic E-state index is -1.06. The summed E-state index contributed by atoms with van der Waals surface area (Å²) >= 11 is 3.38. The van der Waals surface area contributed by atoms with Gasteiger partial charge >= 0.3 is 0 Å². The second-order valence-corrected chi connectivity index (χ2v) is 15.9. The average Bonchev–Trinajstić information content (AvgIpc) is 3.18. The molecule has 0 saturated carbocycles. The van der Waals surface area contributed by atoms with Crippen molar-refractivity contribution in [3.8, 4) is 10.6 Å². The van der Waals surface area contributed by atoms with Gasteiger partial charge in [-0.3, -0.25) is 4.79 Å². The van der Waals surface area contributed by atoms with E-state index in [0.717, 1.165) is 45.8 Å². The molecule has 3 rings (SSSR count). The van der Waals surface area contributed by atoms with Gasteiger partial charge in [0.15, 0.2) is 5.78 Å². The first-order chi connectivity index (χ1) is 12.3. The van der Waals surface area contributed by atoms with Crippen LogP contribution in [0.15, 0.2) is 16.5 Å². The highest BCUT2D eigenvalue weighted by Gasteiger charge is 2.31. The lowest BCUT2D eigenvalue weighted by molar-refractivity contribution is 0.0787.